The van der Waals surface area contributed by atoms with Gasteiger partial charge < -0.3 is 5.32 Å². The fourth-order valence-electron chi connectivity index (χ4n) is 1.68. The molecule has 20 heavy (non-hydrogen) atoms. The van der Waals surface area contributed by atoms with Gasteiger partial charge in [0.25, 0.3) is 5.91 Å². The van der Waals surface area contributed by atoms with Crippen LogP contribution in [0.5, 0.6) is 0 Å². The number of allylic oxidation sites excluding steroid dienone is 1. The van der Waals surface area contributed by atoms with Crippen LogP contribution in [-0.4, -0.2) is 5.91 Å². The summed E-state index contributed by atoms with van der Waals surface area (Å²) < 4.78 is 0. The lowest BCUT2D eigenvalue weighted by atomic mass is 10.2. The second-order valence-corrected chi connectivity index (χ2v) is 5.50. The van der Waals surface area contributed by atoms with E-state index in [0.717, 1.165) is 10.6 Å². The van der Waals surface area contributed by atoms with Crippen molar-refractivity contribution in [3.05, 3.63) is 71.1 Å². The number of rotatable bonds is 4. The molecule has 0 radical (unpaired) electrons. The Morgan fingerprint density at radius 3 is 2.30 bits per heavy atom. The van der Waals surface area contributed by atoms with Crippen LogP contribution in [0.25, 0.3) is 0 Å². The van der Waals surface area contributed by atoms with Gasteiger partial charge in [-0.05, 0) is 38.1 Å². The molecule has 0 aliphatic heterocycles. The average Bonchev–Trinajstić information content (AvgIpc) is 2.48. The van der Waals surface area contributed by atoms with Gasteiger partial charge in [0.1, 0.15) is 0 Å². The van der Waals surface area contributed by atoms with Crippen molar-refractivity contribution in [2.45, 2.75) is 18.7 Å². The van der Waals surface area contributed by atoms with Gasteiger partial charge in [0.15, 0.2) is 0 Å². The van der Waals surface area contributed by atoms with Crippen LogP contribution in [0.2, 0.25) is 0 Å². The van der Waals surface area contributed by atoms with Gasteiger partial charge in [0.05, 0.1) is 4.91 Å². The van der Waals surface area contributed by atoms with E-state index in [2.05, 4.69) is 5.32 Å². The van der Waals surface area contributed by atoms with E-state index in [-0.39, 0.29) is 5.91 Å². The average molecular weight is 283 g/mol. The molecule has 2 nitrogen and oxygen atoms in total. The number of carbonyl (C=O) groups excluding carboxylic acids is 1. The normalized spacial score (nSPS) is 11.2. The van der Waals surface area contributed by atoms with Crippen LogP contribution in [0.1, 0.15) is 12.5 Å². The summed E-state index contributed by atoms with van der Waals surface area (Å²) in [6.45, 7) is 3.90. The summed E-state index contributed by atoms with van der Waals surface area (Å²) in [6, 6.07) is 17.7. The van der Waals surface area contributed by atoms with E-state index < -0.39 is 0 Å². The first-order valence-electron chi connectivity index (χ1n) is 6.46. The molecule has 0 saturated carbocycles. The van der Waals surface area contributed by atoms with E-state index in [1.165, 1.54) is 17.3 Å². The zero-order valence-electron chi connectivity index (χ0n) is 11.6. The largest absolute Gasteiger partial charge is 0.322 e. The predicted octanol–water partition coefficient (Wildman–Crippen LogP) is 4.63. The minimum atomic E-state index is -0.0785. The summed E-state index contributed by atoms with van der Waals surface area (Å²) in [5.41, 5.74) is 1.99. The van der Waals surface area contributed by atoms with Gasteiger partial charge in [-0.2, -0.15) is 0 Å². The predicted molar refractivity (Wildman–Crippen MR) is 85.9 cm³/mol. The Balaban J connectivity index is 2.05. The maximum absolute atomic E-state index is 12.2. The fraction of sp³-hybridized carbons (Fsp3) is 0.118. The van der Waals surface area contributed by atoms with E-state index >= 15 is 0 Å². The number of hydrogen-bond acceptors (Lipinski definition) is 2. The van der Waals surface area contributed by atoms with Crippen LogP contribution in [0.4, 0.5) is 5.69 Å². The maximum Gasteiger partial charge on any atom is 0.262 e. The number of thioether (sulfide) groups is 1. The van der Waals surface area contributed by atoms with Gasteiger partial charge in [-0.3, -0.25) is 4.79 Å². The summed E-state index contributed by atoms with van der Waals surface area (Å²) in [6.07, 6.45) is 1.83. The molecule has 0 aliphatic rings. The number of carbonyl (C=O) groups is 1. The molecule has 0 atom stereocenters. The third kappa shape index (κ3) is 4.00. The summed E-state index contributed by atoms with van der Waals surface area (Å²) in [5, 5.41) is 2.91. The van der Waals surface area contributed by atoms with Crippen LogP contribution in [0, 0.1) is 6.92 Å². The molecule has 0 saturated heterocycles. The van der Waals surface area contributed by atoms with Gasteiger partial charge in [-0.25, -0.2) is 0 Å². The molecule has 2 rings (SSSR count). The van der Waals surface area contributed by atoms with Gasteiger partial charge in [-0.15, -0.1) is 0 Å². The maximum atomic E-state index is 12.2. The Morgan fingerprint density at radius 1 is 1.05 bits per heavy atom. The first-order chi connectivity index (χ1) is 9.69. The molecular weight excluding hydrogens is 266 g/mol. The van der Waals surface area contributed by atoms with Crippen molar-refractivity contribution in [1.29, 1.82) is 0 Å². The highest BCUT2D eigenvalue weighted by Gasteiger charge is 2.10. The SMILES string of the molecule is C/C=C(\Sc1ccccc1)C(=O)Nc1ccc(C)cc1. The third-order valence-electron chi connectivity index (χ3n) is 2.77. The van der Waals surface area contributed by atoms with E-state index in [9.17, 15) is 4.79 Å². The summed E-state index contributed by atoms with van der Waals surface area (Å²) in [5.74, 6) is -0.0785. The first-order valence-corrected chi connectivity index (χ1v) is 7.28. The van der Waals surface area contributed by atoms with Crippen molar-refractivity contribution in [2.24, 2.45) is 0 Å². The van der Waals surface area contributed by atoms with Crippen molar-refractivity contribution in [2.75, 3.05) is 5.32 Å². The summed E-state index contributed by atoms with van der Waals surface area (Å²) in [4.78, 5) is 14.0. The number of anilines is 1. The molecule has 0 spiro atoms. The third-order valence-corrected chi connectivity index (χ3v) is 3.92. The molecule has 0 aromatic heterocycles. The molecule has 3 heteroatoms. The Hall–Kier alpha value is -2.00. The molecule has 0 unspecified atom stereocenters. The van der Waals surface area contributed by atoms with Crippen LogP contribution in [0.15, 0.2) is 70.5 Å². The number of amides is 1. The number of nitrogens with one attached hydrogen (secondary N) is 1. The van der Waals surface area contributed by atoms with Gasteiger partial charge in [-0.1, -0.05) is 53.7 Å². The Morgan fingerprint density at radius 2 is 1.70 bits per heavy atom. The Bertz CT molecular complexity index is 603. The lowest BCUT2D eigenvalue weighted by Crippen LogP contribution is -2.12. The molecule has 2 aromatic carbocycles. The van der Waals surface area contributed by atoms with Crippen molar-refractivity contribution in [3.63, 3.8) is 0 Å². The molecule has 102 valence electrons. The monoisotopic (exact) mass is 283 g/mol. The van der Waals surface area contributed by atoms with E-state index in [0.29, 0.717) is 4.91 Å². The number of benzene rings is 2. The molecule has 0 fully saturated rings. The van der Waals surface area contributed by atoms with Crippen LogP contribution in [-0.2, 0) is 4.79 Å². The highest BCUT2D eigenvalue weighted by Crippen LogP contribution is 2.27. The van der Waals surface area contributed by atoms with Gasteiger partial charge >= 0.3 is 0 Å². The number of aryl methyl sites for hydroxylation is 1. The molecule has 0 aliphatic carbocycles. The van der Waals surface area contributed by atoms with E-state index in [4.69, 9.17) is 0 Å². The highest BCUT2D eigenvalue weighted by molar-refractivity contribution is 8.04. The lowest BCUT2D eigenvalue weighted by molar-refractivity contribution is -0.112. The fourth-order valence-corrected chi connectivity index (χ4v) is 2.49. The van der Waals surface area contributed by atoms with Crippen molar-refractivity contribution in [3.8, 4) is 0 Å². The summed E-state index contributed by atoms with van der Waals surface area (Å²) in [7, 11) is 0. The Kier molecular flexibility index (Phi) is 5.02. The van der Waals surface area contributed by atoms with Crippen molar-refractivity contribution >= 4 is 23.4 Å². The topological polar surface area (TPSA) is 29.1 Å². The molecular formula is C17H17NOS. The van der Waals surface area contributed by atoms with Crippen molar-refractivity contribution < 1.29 is 4.79 Å². The van der Waals surface area contributed by atoms with Crippen LogP contribution in [0.3, 0.4) is 0 Å². The van der Waals surface area contributed by atoms with Crippen LogP contribution < -0.4 is 5.32 Å². The molecule has 1 N–H and O–H groups in total. The first kappa shape index (κ1) is 14.4. The van der Waals surface area contributed by atoms with Crippen molar-refractivity contribution in [1.82, 2.24) is 0 Å². The summed E-state index contributed by atoms with van der Waals surface area (Å²) >= 11 is 1.47. The molecule has 1 amide bonds. The minimum absolute atomic E-state index is 0.0785. The molecule has 0 bridgehead atoms. The zero-order chi connectivity index (χ0) is 14.4. The van der Waals surface area contributed by atoms with Crippen LogP contribution >= 0.6 is 11.8 Å². The quantitative estimate of drug-likeness (QED) is 0.654. The smallest absolute Gasteiger partial charge is 0.262 e. The number of hydrogen-bond donors (Lipinski definition) is 1. The Labute approximate surface area is 123 Å². The molecule has 2 aromatic rings. The zero-order valence-corrected chi connectivity index (χ0v) is 12.4. The second-order valence-electron chi connectivity index (χ2n) is 4.39. The standard InChI is InChI=1S/C17H17NOS/c1-3-16(20-15-7-5-4-6-8-15)17(19)18-14-11-9-13(2)10-12-14/h3-12H,1-2H3,(H,18,19)/b16-3-. The highest BCUT2D eigenvalue weighted by atomic mass is 32.2. The van der Waals surface area contributed by atoms with E-state index in [1.54, 1.807) is 0 Å². The minimum Gasteiger partial charge on any atom is -0.322 e. The molecule has 0 heterocycles. The van der Waals surface area contributed by atoms with Gasteiger partial charge in [0, 0.05) is 10.6 Å². The lowest BCUT2D eigenvalue weighted by Gasteiger charge is -2.08. The second kappa shape index (κ2) is 6.96. The van der Waals surface area contributed by atoms with E-state index in [1.807, 2.05) is 74.5 Å². The van der Waals surface area contributed by atoms with Gasteiger partial charge in [0.2, 0.25) is 0 Å².